The van der Waals surface area contributed by atoms with Crippen molar-refractivity contribution in [3.63, 3.8) is 0 Å². The van der Waals surface area contributed by atoms with Crippen molar-refractivity contribution >= 4 is 49.4 Å². The van der Waals surface area contributed by atoms with E-state index in [1.54, 1.807) is 0 Å². The molecule has 0 atom stereocenters. The molecule has 1 nitrogen and oxygen atoms in total. The molecule has 1 aliphatic carbocycles. The van der Waals surface area contributed by atoms with Gasteiger partial charge in [0, 0.05) is 17.5 Å². The zero-order valence-electron chi connectivity index (χ0n) is 30.9. The Bertz CT molecular complexity index is 3080. The van der Waals surface area contributed by atoms with E-state index in [1.807, 2.05) is 0 Å². The summed E-state index contributed by atoms with van der Waals surface area (Å²) in [5.41, 5.74) is 16.3. The van der Waals surface area contributed by atoms with Crippen LogP contribution in [0.5, 0.6) is 0 Å². The Labute approximate surface area is 327 Å². The van der Waals surface area contributed by atoms with Crippen molar-refractivity contribution in [3.05, 3.63) is 223 Å². The molecule has 0 spiro atoms. The smallest absolute Gasteiger partial charge is 0.0546 e. The van der Waals surface area contributed by atoms with Crippen LogP contribution in [0.2, 0.25) is 0 Å². The van der Waals surface area contributed by atoms with Gasteiger partial charge in [-0.05, 0) is 113 Å². The Balaban J connectivity index is 1.07. The molecule has 0 radical (unpaired) electrons. The molecule has 0 N–H and O–H groups in total. The predicted molar refractivity (Wildman–Crippen MR) is 238 cm³/mol. The Morgan fingerprint density at radius 3 is 1.70 bits per heavy atom. The van der Waals surface area contributed by atoms with Gasteiger partial charge in [0.05, 0.1) is 11.4 Å². The van der Waals surface area contributed by atoms with E-state index in [0.29, 0.717) is 0 Å². The molecule has 56 heavy (non-hydrogen) atoms. The highest BCUT2D eigenvalue weighted by molar-refractivity contribution is 6.15. The van der Waals surface area contributed by atoms with E-state index in [2.05, 4.69) is 217 Å². The quantitative estimate of drug-likeness (QED) is 0.155. The molecule has 0 aromatic heterocycles. The van der Waals surface area contributed by atoms with E-state index < -0.39 is 0 Å². The van der Waals surface area contributed by atoms with Gasteiger partial charge in [0.1, 0.15) is 0 Å². The summed E-state index contributed by atoms with van der Waals surface area (Å²) in [6, 6.07) is 78.0. The SMILES string of the molecule is c1ccc(-c2ccc(N(c3ccc(-c4ccc(-c5ccc6ccccc6c5)cc4)cc3)c3cc4ccccc4c4ccccc34)c3c2-c2ccccc2C3)cc1. The highest BCUT2D eigenvalue weighted by Crippen LogP contribution is 2.51. The minimum absolute atomic E-state index is 0.880. The second kappa shape index (κ2) is 13.3. The molecule has 0 bridgehead atoms. The average Bonchev–Trinajstić information content (AvgIpc) is 3.67. The summed E-state index contributed by atoms with van der Waals surface area (Å²) >= 11 is 0. The van der Waals surface area contributed by atoms with E-state index >= 15 is 0 Å². The number of rotatable bonds is 6. The molecular formula is C55H37N. The maximum Gasteiger partial charge on any atom is 0.0546 e. The summed E-state index contributed by atoms with van der Waals surface area (Å²) in [6.45, 7) is 0. The van der Waals surface area contributed by atoms with Gasteiger partial charge in [-0.3, -0.25) is 0 Å². The highest BCUT2D eigenvalue weighted by atomic mass is 15.1. The van der Waals surface area contributed by atoms with Crippen molar-refractivity contribution in [1.29, 1.82) is 0 Å². The van der Waals surface area contributed by atoms with Crippen LogP contribution in [0.4, 0.5) is 17.1 Å². The van der Waals surface area contributed by atoms with Crippen LogP contribution in [0.1, 0.15) is 11.1 Å². The van der Waals surface area contributed by atoms with Gasteiger partial charge in [-0.15, -0.1) is 0 Å². The fraction of sp³-hybridized carbons (Fsp3) is 0.0182. The largest absolute Gasteiger partial charge is 0.310 e. The van der Waals surface area contributed by atoms with E-state index in [0.717, 1.165) is 12.1 Å². The third-order valence-electron chi connectivity index (χ3n) is 11.7. The van der Waals surface area contributed by atoms with Gasteiger partial charge >= 0.3 is 0 Å². The van der Waals surface area contributed by atoms with Crippen LogP contribution in [0.25, 0.3) is 76.8 Å². The number of benzene rings is 10. The molecule has 0 heterocycles. The first-order valence-corrected chi connectivity index (χ1v) is 19.5. The fourth-order valence-electron chi connectivity index (χ4n) is 8.95. The van der Waals surface area contributed by atoms with Gasteiger partial charge in [0.15, 0.2) is 0 Å². The van der Waals surface area contributed by atoms with Crippen molar-refractivity contribution in [2.45, 2.75) is 6.42 Å². The highest BCUT2D eigenvalue weighted by Gasteiger charge is 2.29. The van der Waals surface area contributed by atoms with Crippen LogP contribution in [-0.4, -0.2) is 0 Å². The van der Waals surface area contributed by atoms with E-state index in [9.17, 15) is 0 Å². The number of nitrogens with zero attached hydrogens (tertiary/aromatic N) is 1. The van der Waals surface area contributed by atoms with Gasteiger partial charge < -0.3 is 4.90 Å². The summed E-state index contributed by atoms with van der Waals surface area (Å²) in [4.78, 5) is 2.51. The Kier molecular flexibility index (Phi) is 7.64. The number of hydrogen-bond donors (Lipinski definition) is 0. The molecule has 1 aliphatic rings. The zero-order chi connectivity index (χ0) is 37.0. The second-order valence-corrected chi connectivity index (χ2v) is 14.9. The molecule has 0 aliphatic heterocycles. The van der Waals surface area contributed by atoms with Crippen molar-refractivity contribution < 1.29 is 0 Å². The number of hydrogen-bond acceptors (Lipinski definition) is 1. The van der Waals surface area contributed by atoms with Crippen LogP contribution in [0.15, 0.2) is 212 Å². The topological polar surface area (TPSA) is 3.24 Å². The van der Waals surface area contributed by atoms with Crippen molar-refractivity contribution in [2.24, 2.45) is 0 Å². The summed E-state index contributed by atoms with van der Waals surface area (Å²) in [5.74, 6) is 0. The fourth-order valence-corrected chi connectivity index (χ4v) is 8.95. The molecular weight excluding hydrogens is 675 g/mol. The first-order chi connectivity index (χ1) is 27.8. The first-order valence-electron chi connectivity index (χ1n) is 19.5. The second-order valence-electron chi connectivity index (χ2n) is 14.9. The molecule has 262 valence electrons. The lowest BCUT2D eigenvalue weighted by atomic mass is 9.92. The average molecular weight is 712 g/mol. The number of fused-ring (bicyclic) bond motifs is 7. The molecule has 11 rings (SSSR count). The molecule has 10 aromatic rings. The lowest BCUT2D eigenvalue weighted by Gasteiger charge is -2.30. The van der Waals surface area contributed by atoms with Crippen LogP contribution >= 0.6 is 0 Å². The van der Waals surface area contributed by atoms with E-state index in [4.69, 9.17) is 0 Å². The van der Waals surface area contributed by atoms with Gasteiger partial charge in [0.2, 0.25) is 0 Å². The van der Waals surface area contributed by atoms with Crippen LogP contribution < -0.4 is 4.90 Å². The third-order valence-corrected chi connectivity index (χ3v) is 11.7. The summed E-state index contributed by atoms with van der Waals surface area (Å²) < 4.78 is 0. The Morgan fingerprint density at radius 1 is 0.321 bits per heavy atom. The predicted octanol–water partition coefficient (Wildman–Crippen LogP) is 15.2. The van der Waals surface area contributed by atoms with Gasteiger partial charge in [-0.1, -0.05) is 182 Å². The monoisotopic (exact) mass is 711 g/mol. The number of anilines is 3. The first kappa shape index (κ1) is 32.2. The molecule has 0 saturated heterocycles. The molecule has 1 heteroatoms. The van der Waals surface area contributed by atoms with Crippen molar-refractivity contribution in [1.82, 2.24) is 0 Å². The van der Waals surface area contributed by atoms with Crippen molar-refractivity contribution in [3.8, 4) is 44.5 Å². The van der Waals surface area contributed by atoms with Gasteiger partial charge in [0.25, 0.3) is 0 Å². The maximum absolute atomic E-state index is 2.51. The Hall–Kier alpha value is -7.22. The molecule has 0 fully saturated rings. The lowest BCUT2D eigenvalue weighted by molar-refractivity contribution is 1.21. The van der Waals surface area contributed by atoms with Gasteiger partial charge in [-0.25, -0.2) is 0 Å². The molecule has 10 aromatic carbocycles. The zero-order valence-corrected chi connectivity index (χ0v) is 30.9. The van der Waals surface area contributed by atoms with E-state index in [-0.39, 0.29) is 0 Å². The minimum atomic E-state index is 0.880. The standard InChI is InChI=1S/C55H37N/c1-2-13-41(14-3-1)49-32-33-53(52-35-44-16-7-9-19-48(44)55(49)52)56(54-36-45-17-6-8-18-47(45)50-20-10-11-21-51(50)54)46-30-28-39(29-31-46)38-22-24-40(25-23-38)43-27-26-37-12-4-5-15-42(37)34-43/h1-34,36H,35H2. The summed E-state index contributed by atoms with van der Waals surface area (Å²) in [6.07, 6.45) is 0.880. The van der Waals surface area contributed by atoms with Crippen LogP contribution in [0, 0.1) is 0 Å². The molecule has 0 amide bonds. The summed E-state index contributed by atoms with van der Waals surface area (Å²) in [5, 5.41) is 7.52. The van der Waals surface area contributed by atoms with Gasteiger partial charge in [-0.2, -0.15) is 0 Å². The van der Waals surface area contributed by atoms with Crippen molar-refractivity contribution in [2.75, 3.05) is 4.90 Å². The Morgan fingerprint density at radius 2 is 0.911 bits per heavy atom. The third kappa shape index (κ3) is 5.40. The summed E-state index contributed by atoms with van der Waals surface area (Å²) in [7, 11) is 0. The van der Waals surface area contributed by atoms with Crippen LogP contribution in [-0.2, 0) is 6.42 Å². The minimum Gasteiger partial charge on any atom is -0.310 e. The maximum atomic E-state index is 2.51. The normalized spacial score (nSPS) is 11.9. The molecule has 0 saturated carbocycles. The van der Waals surface area contributed by atoms with E-state index in [1.165, 1.54) is 99.3 Å². The molecule has 0 unspecified atom stereocenters. The van der Waals surface area contributed by atoms with Crippen LogP contribution in [0.3, 0.4) is 0 Å². The lowest BCUT2D eigenvalue weighted by Crippen LogP contribution is -2.13.